The number of hydrogen-bond acceptors (Lipinski definition) is 3. The lowest BCUT2D eigenvalue weighted by Crippen LogP contribution is -2.16. The maximum Gasteiger partial charge on any atom is 0.416 e. The Bertz CT molecular complexity index is 475. The predicted molar refractivity (Wildman–Crippen MR) is 73.9 cm³/mol. The largest absolute Gasteiger partial charge is 0.490 e. The van der Waals surface area contributed by atoms with Gasteiger partial charge < -0.3 is 15.2 Å². The molecular formula is C13H16F3NO2S. The number of thiocarbonyl (C=S) groups is 1. The van der Waals surface area contributed by atoms with E-state index in [1.165, 1.54) is 6.07 Å². The van der Waals surface area contributed by atoms with E-state index in [4.69, 9.17) is 27.4 Å². The van der Waals surface area contributed by atoms with Gasteiger partial charge in [0.15, 0.2) is 0 Å². The van der Waals surface area contributed by atoms with Crippen molar-refractivity contribution in [1.29, 1.82) is 0 Å². The fourth-order valence-corrected chi connectivity index (χ4v) is 1.62. The normalized spacial score (nSPS) is 11.7. The van der Waals surface area contributed by atoms with Gasteiger partial charge in [-0.15, -0.1) is 0 Å². The molecule has 0 spiro atoms. The SMILES string of the molecule is CC(C)OCCOc1ccc(C(F)(F)F)cc1C(N)=S. The Balaban J connectivity index is 2.83. The lowest BCUT2D eigenvalue weighted by Gasteiger charge is -2.14. The molecule has 1 aromatic rings. The summed E-state index contributed by atoms with van der Waals surface area (Å²) >= 11 is 4.75. The molecule has 1 aromatic carbocycles. The van der Waals surface area contributed by atoms with Crippen molar-refractivity contribution in [1.82, 2.24) is 0 Å². The second-order valence-electron chi connectivity index (χ2n) is 4.34. The van der Waals surface area contributed by atoms with E-state index in [1.54, 1.807) is 0 Å². The Morgan fingerprint density at radius 1 is 1.30 bits per heavy atom. The van der Waals surface area contributed by atoms with Crippen LogP contribution in [0.5, 0.6) is 5.75 Å². The van der Waals surface area contributed by atoms with Crippen molar-refractivity contribution < 1.29 is 22.6 Å². The number of halogens is 3. The molecular weight excluding hydrogens is 291 g/mol. The molecule has 0 unspecified atom stereocenters. The summed E-state index contributed by atoms with van der Waals surface area (Å²) < 4.78 is 48.5. The molecule has 0 atom stereocenters. The summed E-state index contributed by atoms with van der Waals surface area (Å²) in [6.07, 6.45) is -4.39. The molecule has 20 heavy (non-hydrogen) atoms. The Hall–Kier alpha value is -1.34. The molecule has 0 radical (unpaired) electrons. The minimum atomic E-state index is -4.45. The maximum absolute atomic E-state index is 12.6. The van der Waals surface area contributed by atoms with Crippen molar-refractivity contribution in [2.24, 2.45) is 5.73 Å². The average molecular weight is 307 g/mol. The first-order chi connectivity index (χ1) is 9.21. The third kappa shape index (κ3) is 4.97. The number of nitrogens with two attached hydrogens (primary N) is 1. The highest BCUT2D eigenvalue weighted by Gasteiger charge is 2.31. The summed E-state index contributed by atoms with van der Waals surface area (Å²) in [7, 11) is 0. The Morgan fingerprint density at radius 2 is 1.95 bits per heavy atom. The van der Waals surface area contributed by atoms with Crippen molar-refractivity contribution in [2.75, 3.05) is 13.2 Å². The van der Waals surface area contributed by atoms with E-state index in [2.05, 4.69) is 0 Å². The summed E-state index contributed by atoms with van der Waals surface area (Å²) in [4.78, 5) is -0.143. The van der Waals surface area contributed by atoms with E-state index in [-0.39, 0.29) is 29.0 Å². The van der Waals surface area contributed by atoms with Crippen LogP contribution in [0.2, 0.25) is 0 Å². The van der Waals surface area contributed by atoms with E-state index in [0.717, 1.165) is 12.1 Å². The van der Waals surface area contributed by atoms with Gasteiger partial charge in [0.2, 0.25) is 0 Å². The molecule has 2 N–H and O–H groups in total. The zero-order valence-electron chi connectivity index (χ0n) is 11.2. The van der Waals surface area contributed by atoms with Crippen LogP contribution in [0.4, 0.5) is 13.2 Å². The van der Waals surface area contributed by atoms with Gasteiger partial charge in [-0.25, -0.2) is 0 Å². The molecule has 0 aliphatic carbocycles. The number of alkyl halides is 3. The minimum absolute atomic E-state index is 0.0567. The standard InChI is InChI=1S/C13H16F3NO2S/c1-8(2)18-5-6-19-11-4-3-9(13(14,15)16)7-10(11)12(17)20/h3-4,7-8H,5-6H2,1-2H3,(H2,17,20). The van der Waals surface area contributed by atoms with Gasteiger partial charge in [-0.1, -0.05) is 12.2 Å². The summed E-state index contributed by atoms with van der Waals surface area (Å²) in [5.74, 6) is 0.220. The number of benzene rings is 1. The summed E-state index contributed by atoms with van der Waals surface area (Å²) in [6.45, 7) is 4.28. The molecule has 0 aromatic heterocycles. The van der Waals surface area contributed by atoms with E-state index in [9.17, 15) is 13.2 Å². The monoisotopic (exact) mass is 307 g/mol. The molecule has 0 fully saturated rings. The van der Waals surface area contributed by atoms with Crippen LogP contribution in [0, 0.1) is 0 Å². The van der Waals surface area contributed by atoms with Crippen molar-refractivity contribution in [3.63, 3.8) is 0 Å². The van der Waals surface area contributed by atoms with Gasteiger partial charge in [0.25, 0.3) is 0 Å². The second-order valence-corrected chi connectivity index (χ2v) is 4.78. The van der Waals surface area contributed by atoms with Crippen LogP contribution in [-0.2, 0) is 10.9 Å². The first kappa shape index (κ1) is 16.7. The number of rotatable bonds is 6. The summed E-state index contributed by atoms with van der Waals surface area (Å²) in [5.41, 5.74) is 4.69. The van der Waals surface area contributed by atoms with Crippen LogP contribution in [0.3, 0.4) is 0 Å². The highest BCUT2D eigenvalue weighted by atomic mass is 32.1. The minimum Gasteiger partial charge on any atom is -0.490 e. The van der Waals surface area contributed by atoms with Crippen molar-refractivity contribution >= 4 is 17.2 Å². The van der Waals surface area contributed by atoms with E-state index >= 15 is 0 Å². The average Bonchev–Trinajstić information content (AvgIpc) is 2.33. The number of ether oxygens (including phenoxy) is 2. The van der Waals surface area contributed by atoms with Gasteiger partial charge in [-0.3, -0.25) is 0 Å². The molecule has 0 bridgehead atoms. The zero-order chi connectivity index (χ0) is 15.3. The van der Waals surface area contributed by atoms with E-state index < -0.39 is 11.7 Å². The van der Waals surface area contributed by atoms with Crippen LogP contribution in [0.1, 0.15) is 25.0 Å². The lowest BCUT2D eigenvalue weighted by molar-refractivity contribution is -0.137. The van der Waals surface area contributed by atoms with Crippen LogP contribution in [-0.4, -0.2) is 24.3 Å². The van der Waals surface area contributed by atoms with Gasteiger partial charge in [-0.2, -0.15) is 13.2 Å². The van der Waals surface area contributed by atoms with Crippen molar-refractivity contribution in [3.8, 4) is 5.75 Å². The van der Waals surface area contributed by atoms with Crippen molar-refractivity contribution in [3.05, 3.63) is 29.3 Å². The zero-order valence-corrected chi connectivity index (χ0v) is 12.0. The van der Waals surface area contributed by atoms with Gasteiger partial charge in [0, 0.05) is 0 Å². The van der Waals surface area contributed by atoms with Gasteiger partial charge >= 0.3 is 6.18 Å². The van der Waals surface area contributed by atoms with Gasteiger partial charge in [0.1, 0.15) is 17.3 Å². The Kier molecular flexibility index (Phi) is 5.76. The van der Waals surface area contributed by atoms with Gasteiger partial charge in [0.05, 0.1) is 23.8 Å². The molecule has 0 amide bonds. The fraction of sp³-hybridized carbons (Fsp3) is 0.462. The second kappa shape index (κ2) is 6.90. The maximum atomic E-state index is 12.6. The summed E-state index contributed by atoms with van der Waals surface area (Å²) in [5, 5.41) is 0. The molecule has 3 nitrogen and oxygen atoms in total. The van der Waals surface area contributed by atoms with E-state index in [0.29, 0.717) is 6.61 Å². The van der Waals surface area contributed by atoms with Crippen LogP contribution < -0.4 is 10.5 Å². The molecule has 7 heteroatoms. The quantitative estimate of drug-likeness (QED) is 0.648. The highest BCUT2D eigenvalue weighted by Crippen LogP contribution is 2.32. The van der Waals surface area contributed by atoms with Crippen LogP contribution in [0.15, 0.2) is 18.2 Å². The molecule has 0 aliphatic rings. The van der Waals surface area contributed by atoms with Gasteiger partial charge in [-0.05, 0) is 32.0 Å². The molecule has 1 rings (SSSR count). The number of hydrogen-bond donors (Lipinski definition) is 1. The third-order valence-electron chi connectivity index (χ3n) is 2.36. The molecule has 112 valence electrons. The van der Waals surface area contributed by atoms with E-state index in [1.807, 2.05) is 13.8 Å². The highest BCUT2D eigenvalue weighted by molar-refractivity contribution is 7.80. The first-order valence-corrected chi connectivity index (χ1v) is 6.38. The smallest absolute Gasteiger partial charge is 0.416 e. The fourth-order valence-electron chi connectivity index (χ4n) is 1.46. The summed E-state index contributed by atoms with van der Waals surface area (Å²) in [6, 6.07) is 3.04. The topological polar surface area (TPSA) is 44.5 Å². The lowest BCUT2D eigenvalue weighted by atomic mass is 10.1. The van der Waals surface area contributed by atoms with Crippen LogP contribution in [0.25, 0.3) is 0 Å². The molecule has 0 saturated heterocycles. The first-order valence-electron chi connectivity index (χ1n) is 5.97. The molecule has 0 saturated carbocycles. The predicted octanol–water partition coefficient (Wildman–Crippen LogP) is 3.14. The molecule has 0 heterocycles. The van der Waals surface area contributed by atoms with Crippen LogP contribution >= 0.6 is 12.2 Å². The third-order valence-corrected chi connectivity index (χ3v) is 2.58. The van der Waals surface area contributed by atoms with Crippen molar-refractivity contribution in [2.45, 2.75) is 26.1 Å². The Labute approximate surface area is 120 Å². The Morgan fingerprint density at radius 3 is 2.45 bits per heavy atom. The molecule has 0 aliphatic heterocycles.